The third kappa shape index (κ3) is 3.74. The normalized spacial score (nSPS) is 13.0. The minimum Gasteiger partial charge on any atom is -0.392 e. The number of nitrogens with zero attached hydrogens (tertiary/aromatic N) is 1. The van der Waals surface area contributed by atoms with Crippen LogP contribution in [0.2, 0.25) is 0 Å². The van der Waals surface area contributed by atoms with Crippen LogP contribution in [-0.4, -0.2) is 12.3 Å². The van der Waals surface area contributed by atoms with E-state index >= 15 is 0 Å². The predicted molar refractivity (Wildman–Crippen MR) is 63.2 cm³/mol. The van der Waals surface area contributed by atoms with E-state index in [2.05, 4.69) is 31.3 Å². The van der Waals surface area contributed by atoms with Crippen LogP contribution in [0, 0.1) is 0 Å². The van der Waals surface area contributed by atoms with Crippen LogP contribution in [0.3, 0.4) is 0 Å². The van der Waals surface area contributed by atoms with Gasteiger partial charge in [-0.25, -0.2) is 0 Å². The van der Waals surface area contributed by atoms with Crippen LogP contribution in [0.5, 0.6) is 0 Å². The zero-order chi connectivity index (χ0) is 11.1. The highest BCUT2D eigenvalue weighted by Gasteiger charge is 1.98. The zero-order valence-corrected chi connectivity index (χ0v) is 9.66. The monoisotopic (exact) mass is 204 g/mol. The molecule has 0 fully saturated rings. The first kappa shape index (κ1) is 11.8. The molecule has 0 heterocycles. The molecule has 0 aliphatic carbocycles. The molecule has 1 atom stereocenters. The van der Waals surface area contributed by atoms with Gasteiger partial charge in [0.05, 0.1) is 0 Å². The maximum Gasteiger partial charge on any atom is 0.139 e. The molecule has 1 unspecified atom stereocenters. The summed E-state index contributed by atoms with van der Waals surface area (Å²) in [6, 6.07) is 8.10. The lowest BCUT2D eigenvalue weighted by atomic mass is 10.1. The van der Waals surface area contributed by atoms with Crippen LogP contribution in [0.15, 0.2) is 29.4 Å². The Balaban J connectivity index is 2.63. The highest BCUT2D eigenvalue weighted by Crippen LogP contribution is 2.07. The minimum absolute atomic E-state index is 0.159. The van der Waals surface area contributed by atoms with Gasteiger partial charge in [-0.1, -0.05) is 43.3 Å². The smallest absolute Gasteiger partial charge is 0.139 e. The summed E-state index contributed by atoms with van der Waals surface area (Å²) in [4.78, 5) is 5.21. The van der Waals surface area contributed by atoms with E-state index in [0.717, 1.165) is 18.4 Å². The van der Waals surface area contributed by atoms with E-state index in [0.29, 0.717) is 0 Å². The Morgan fingerprint density at radius 1 is 1.33 bits per heavy atom. The van der Waals surface area contributed by atoms with Crippen LogP contribution >= 0.6 is 0 Å². The summed E-state index contributed by atoms with van der Waals surface area (Å²) in [5, 5.41) is 3.87. The predicted octanol–water partition coefficient (Wildman–Crippen LogP) is 3.28. The quantitative estimate of drug-likeness (QED) is 0.533. The first-order valence-electron chi connectivity index (χ1n) is 5.47. The molecule has 1 rings (SSSR count). The molecule has 0 N–H and O–H groups in total. The highest BCUT2D eigenvalue weighted by atomic mass is 16.6. The van der Waals surface area contributed by atoms with Gasteiger partial charge in [0, 0.05) is 5.56 Å². The maximum absolute atomic E-state index is 5.21. The lowest BCUT2D eigenvalue weighted by molar-refractivity contribution is 0.0712. The molecule has 15 heavy (non-hydrogen) atoms. The SMILES string of the molecule is CCc1ccccc1/[C]=N/OC(C)CC. The zero-order valence-electron chi connectivity index (χ0n) is 9.66. The Hall–Kier alpha value is -1.31. The fourth-order valence-electron chi connectivity index (χ4n) is 1.18. The van der Waals surface area contributed by atoms with Gasteiger partial charge in [0.25, 0.3) is 0 Å². The molecule has 1 radical (unpaired) electrons. The molecular formula is C13H18NO. The summed E-state index contributed by atoms with van der Waals surface area (Å²) >= 11 is 0. The van der Waals surface area contributed by atoms with Gasteiger partial charge in [0.15, 0.2) is 0 Å². The van der Waals surface area contributed by atoms with E-state index < -0.39 is 0 Å². The second kappa shape index (κ2) is 6.23. The van der Waals surface area contributed by atoms with Gasteiger partial charge in [-0.05, 0) is 25.3 Å². The van der Waals surface area contributed by atoms with Gasteiger partial charge in [-0.15, -0.1) is 0 Å². The summed E-state index contributed by atoms with van der Waals surface area (Å²) in [6.07, 6.45) is 5.04. The molecule has 1 aromatic rings. The second-order valence-electron chi connectivity index (χ2n) is 3.54. The van der Waals surface area contributed by atoms with Crippen molar-refractivity contribution in [2.45, 2.75) is 39.7 Å². The number of benzene rings is 1. The molecule has 1 aromatic carbocycles. The molecule has 81 valence electrons. The van der Waals surface area contributed by atoms with Gasteiger partial charge < -0.3 is 4.84 Å². The van der Waals surface area contributed by atoms with E-state index in [1.165, 1.54) is 5.56 Å². The van der Waals surface area contributed by atoms with Crippen LogP contribution in [0.4, 0.5) is 0 Å². The first-order chi connectivity index (χ1) is 7.27. The minimum atomic E-state index is 0.159. The van der Waals surface area contributed by atoms with E-state index in [4.69, 9.17) is 4.84 Å². The van der Waals surface area contributed by atoms with Crippen molar-refractivity contribution < 1.29 is 4.84 Å². The van der Waals surface area contributed by atoms with Crippen molar-refractivity contribution in [3.05, 3.63) is 35.4 Å². The molecule has 0 aliphatic rings. The van der Waals surface area contributed by atoms with E-state index in [1.54, 1.807) is 0 Å². The van der Waals surface area contributed by atoms with E-state index in [9.17, 15) is 0 Å². The molecular weight excluding hydrogens is 186 g/mol. The second-order valence-corrected chi connectivity index (χ2v) is 3.54. The average Bonchev–Trinajstić information content (AvgIpc) is 2.29. The molecule has 0 aliphatic heterocycles. The Labute approximate surface area is 91.9 Å². The summed E-state index contributed by atoms with van der Waals surface area (Å²) in [5.74, 6) is 0. The summed E-state index contributed by atoms with van der Waals surface area (Å²) in [6.45, 7) is 6.19. The van der Waals surface area contributed by atoms with Crippen LogP contribution in [0.1, 0.15) is 38.3 Å². The van der Waals surface area contributed by atoms with Crippen molar-refractivity contribution in [3.63, 3.8) is 0 Å². The van der Waals surface area contributed by atoms with Crippen molar-refractivity contribution in [2.75, 3.05) is 0 Å². The number of hydrogen-bond donors (Lipinski definition) is 0. The first-order valence-corrected chi connectivity index (χ1v) is 5.47. The largest absolute Gasteiger partial charge is 0.392 e. The lowest BCUT2D eigenvalue weighted by Gasteiger charge is -2.05. The van der Waals surface area contributed by atoms with Gasteiger partial charge in [0.1, 0.15) is 12.3 Å². The van der Waals surface area contributed by atoms with Gasteiger partial charge in [-0.3, -0.25) is 0 Å². The fourth-order valence-corrected chi connectivity index (χ4v) is 1.18. The van der Waals surface area contributed by atoms with Crippen LogP contribution in [0.25, 0.3) is 0 Å². The van der Waals surface area contributed by atoms with Gasteiger partial charge in [0.2, 0.25) is 0 Å². The Bertz CT molecular complexity index is 320. The molecule has 0 aromatic heterocycles. The van der Waals surface area contributed by atoms with Crippen LogP contribution in [-0.2, 0) is 11.3 Å². The summed E-state index contributed by atoms with van der Waals surface area (Å²) in [7, 11) is 0. The van der Waals surface area contributed by atoms with Crippen molar-refractivity contribution >= 4 is 6.21 Å². The highest BCUT2D eigenvalue weighted by molar-refractivity contribution is 5.81. The number of aryl methyl sites for hydroxylation is 1. The fraction of sp³-hybridized carbons (Fsp3) is 0.462. The Morgan fingerprint density at radius 3 is 2.73 bits per heavy atom. The van der Waals surface area contributed by atoms with Crippen LogP contribution < -0.4 is 0 Å². The Morgan fingerprint density at radius 2 is 2.07 bits per heavy atom. The molecule has 2 heteroatoms. The average molecular weight is 204 g/mol. The van der Waals surface area contributed by atoms with E-state index in [1.807, 2.05) is 25.1 Å². The molecule has 2 nitrogen and oxygen atoms in total. The Kier molecular flexibility index (Phi) is 4.88. The van der Waals surface area contributed by atoms with E-state index in [-0.39, 0.29) is 6.10 Å². The lowest BCUT2D eigenvalue weighted by Crippen LogP contribution is -2.01. The number of rotatable bonds is 5. The van der Waals surface area contributed by atoms with Gasteiger partial charge >= 0.3 is 0 Å². The molecule has 0 saturated heterocycles. The van der Waals surface area contributed by atoms with Crippen molar-refractivity contribution in [1.82, 2.24) is 0 Å². The summed E-state index contributed by atoms with van der Waals surface area (Å²) < 4.78 is 0. The molecule has 0 spiro atoms. The molecule has 0 bridgehead atoms. The van der Waals surface area contributed by atoms with Crippen molar-refractivity contribution in [1.29, 1.82) is 0 Å². The molecule has 0 amide bonds. The third-order valence-corrected chi connectivity index (χ3v) is 2.37. The number of hydrogen-bond acceptors (Lipinski definition) is 2. The van der Waals surface area contributed by atoms with Crippen molar-refractivity contribution in [2.24, 2.45) is 5.16 Å². The topological polar surface area (TPSA) is 21.6 Å². The van der Waals surface area contributed by atoms with Crippen molar-refractivity contribution in [3.8, 4) is 0 Å². The molecule has 0 saturated carbocycles. The standard InChI is InChI=1S/C13H18NO/c1-4-11(3)15-14-10-13-9-7-6-8-12(13)5-2/h6-9,11H,4-5H2,1-3H3. The van der Waals surface area contributed by atoms with Gasteiger partial charge in [-0.2, -0.15) is 0 Å². The summed E-state index contributed by atoms with van der Waals surface area (Å²) in [5.41, 5.74) is 2.26. The third-order valence-electron chi connectivity index (χ3n) is 2.37. The maximum atomic E-state index is 5.21.